The lowest BCUT2D eigenvalue weighted by atomic mass is 9.76. The second kappa shape index (κ2) is 10.7. The van der Waals surface area contributed by atoms with Crippen LogP contribution in [0.1, 0.15) is 55.2 Å². The van der Waals surface area contributed by atoms with Crippen molar-refractivity contribution in [3.05, 3.63) is 65.0 Å². The smallest absolute Gasteiger partial charge is 0.435 e. The van der Waals surface area contributed by atoms with Gasteiger partial charge >= 0.3 is 24.0 Å². The lowest BCUT2D eigenvalue weighted by Gasteiger charge is -2.43. The van der Waals surface area contributed by atoms with Crippen LogP contribution in [0.25, 0.3) is 0 Å². The molecule has 2 aromatic carbocycles. The number of sulfone groups is 1. The van der Waals surface area contributed by atoms with Gasteiger partial charge in [-0.2, -0.15) is 26.3 Å². The molecule has 5 rings (SSSR count). The van der Waals surface area contributed by atoms with Gasteiger partial charge in [0.25, 0.3) is 0 Å². The van der Waals surface area contributed by atoms with Gasteiger partial charge in [-0.3, -0.25) is 9.59 Å². The molecule has 1 N–H and O–H groups in total. The van der Waals surface area contributed by atoms with Gasteiger partial charge in [-0.1, -0.05) is 18.2 Å². The second-order valence-corrected chi connectivity index (χ2v) is 13.9. The first kappa shape index (κ1) is 32.2. The molecule has 0 bridgehead atoms. The third-order valence-corrected chi connectivity index (χ3v) is 11.9. The van der Waals surface area contributed by atoms with Crippen LogP contribution in [-0.2, 0) is 36.3 Å². The minimum absolute atomic E-state index is 0.0692. The Labute approximate surface area is 247 Å². The Kier molecular flexibility index (Phi) is 7.82. The molecule has 2 fully saturated rings. The highest BCUT2D eigenvalue weighted by atomic mass is 32.2. The average Bonchev–Trinajstić information content (AvgIpc) is 3.57. The Morgan fingerprint density at radius 2 is 1.57 bits per heavy atom. The van der Waals surface area contributed by atoms with Crippen molar-refractivity contribution in [2.75, 3.05) is 6.54 Å². The zero-order valence-electron chi connectivity index (χ0n) is 22.9. The minimum atomic E-state index is -6.37. The number of halogens is 8. The quantitative estimate of drug-likeness (QED) is 0.295. The number of carbonyl (C=O) groups is 2. The van der Waals surface area contributed by atoms with E-state index < -0.39 is 67.8 Å². The highest BCUT2D eigenvalue weighted by Gasteiger charge is 2.74. The van der Waals surface area contributed by atoms with Crippen molar-refractivity contribution < 1.29 is 58.2 Å². The number of likely N-dealkylation sites (tertiary alicyclic amines) is 1. The largest absolute Gasteiger partial charge is 0.481 e. The van der Waals surface area contributed by atoms with E-state index in [0.717, 1.165) is 30.3 Å². The van der Waals surface area contributed by atoms with Crippen molar-refractivity contribution in [3.8, 4) is 0 Å². The number of aliphatic carboxylic acids is 1. The fraction of sp³-hybridized carbons (Fsp3) is 0.517. The molecular formula is C29H27F8NO5S. The molecule has 0 aromatic heterocycles. The Balaban J connectivity index is 1.60. The standard InChI is InChI=1S/C29H27F8NO5S/c30-20-5-7-21(8-6-20)44(42,43)26-11-12-38(24(39)14-16-1-2-18(13-16)25(40)41)23(26)10-3-17-15-19(4-9-22(17)26)27(31,28(32,33)34)29(35,36)37/h4-9,15-16,18,23H,1-3,10-14H2,(H,40,41)/t16?,18?,23-,26-/m1/s1. The summed E-state index contributed by atoms with van der Waals surface area (Å²) in [6.07, 6.45) is -12.4. The molecule has 1 heterocycles. The molecule has 3 aliphatic rings. The first-order chi connectivity index (χ1) is 20.3. The minimum Gasteiger partial charge on any atom is -0.481 e. The van der Waals surface area contributed by atoms with Gasteiger partial charge in [0, 0.05) is 18.5 Å². The molecule has 0 spiro atoms. The molecule has 1 saturated heterocycles. The van der Waals surface area contributed by atoms with E-state index in [2.05, 4.69) is 0 Å². The molecule has 15 heteroatoms. The van der Waals surface area contributed by atoms with Crippen LogP contribution >= 0.6 is 0 Å². The molecule has 44 heavy (non-hydrogen) atoms. The van der Waals surface area contributed by atoms with E-state index in [1.807, 2.05) is 0 Å². The number of carbonyl (C=O) groups excluding carboxylic acids is 1. The van der Waals surface area contributed by atoms with Crippen LogP contribution < -0.4 is 0 Å². The average molecular weight is 654 g/mol. The summed E-state index contributed by atoms with van der Waals surface area (Å²) in [5, 5.41) is 9.30. The molecule has 240 valence electrons. The monoisotopic (exact) mass is 653 g/mol. The highest BCUT2D eigenvalue weighted by molar-refractivity contribution is 7.92. The number of hydrogen-bond donors (Lipinski definition) is 1. The number of nitrogens with zero attached hydrogens (tertiary/aromatic N) is 1. The SMILES string of the molecule is O=C(O)C1CCC(CC(=O)N2CC[C@@]3(S(=O)(=O)c4ccc(F)cc4)c4ccc(C(F)(C(F)(F)F)C(F)(F)F)cc4CC[C@@H]23)C1. The van der Waals surface area contributed by atoms with Gasteiger partial charge in [-0.25, -0.2) is 17.2 Å². The predicted octanol–water partition coefficient (Wildman–Crippen LogP) is 6.22. The molecule has 1 amide bonds. The number of aryl methyl sites for hydroxylation is 1. The van der Waals surface area contributed by atoms with E-state index in [-0.39, 0.29) is 66.7 Å². The van der Waals surface area contributed by atoms with Crippen molar-refractivity contribution in [2.45, 2.75) is 78.7 Å². The molecule has 6 nitrogen and oxygen atoms in total. The van der Waals surface area contributed by atoms with E-state index in [0.29, 0.717) is 18.9 Å². The number of amides is 1. The Hall–Kier alpha value is -3.23. The van der Waals surface area contributed by atoms with Gasteiger partial charge < -0.3 is 10.0 Å². The van der Waals surface area contributed by atoms with Gasteiger partial charge in [0.2, 0.25) is 5.91 Å². The van der Waals surface area contributed by atoms with E-state index in [9.17, 15) is 58.2 Å². The topological polar surface area (TPSA) is 91.8 Å². The summed E-state index contributed by atoms with van der Waals surface area (Å²) in [5.41, 5.74) is -7.86. The summed E-state index contributed by atoms with van der Waals surface area (Å²) >= 11 is 0. The summed E-state index contributed by atoms with van der Waals surface area (Å²) in [4.78, 5) is 25.9. The molecule has 4 atom stereocenters. The third-order valence-electron chi connectivity index (χ3n) is 9.34. The van der Waals surface area contributed by atoms with Gasteiger partial charge in [-0.15, -0.1) is 0 Å². The summed E-state index contributed by atoms with van der Waals surface area (Å²) in [6.45, 7) is -0.127. The Bertz CT molecular complexity index is 1560. The van der Waals surface area contributed by atoms with Crippen molar-refractivity contribution in [3.63, 3.8) is 0 Å². The number of fused-ring (bicyclic) bond motifs is 3. The maximum absolute atomic E-state index is 15.0. The Morgan fingerprint density at radius 3 is 2.14 bits per heavy atom. The molecular weight excluding hydrogens is 626 g/mol. The molecule has 1 aliphatic heterocycles. The summed E-state index contributed by atoms with van der Waals surface area (Å²) in [5.74, 6) is -3.09. The number of carboxylic acid groups (broad SMARTS) is 1. The van der Waals surface area contributed by atoms with Crippen LogP contribution in [0.5, 0.6) is 0 Å². The predicted molar refractivity (Wildman–Crippen MR) is 138 cm³/mol. The lowest BCUT2D eigenvalue weighted by molar-refractivity contribution is -0.348. The van der Waals surface area contributed by atoms with Crippen molar-refractivity contribution >= 4 is 21.7 Å². The summed E-state index contributed by atoms with van der Waals surface area (Å²) in [7, 11) is -4.59. The van der Waals surface area contributed by atoms with Crippen molar-refractivity contribution in [1.82, 2.24) is 4.90 Å². The van der Waals surface area contributed by atoms with Crippen LogP contribution in [0.15, 0.2) is 47.4 Å². The van der Waals surface area contributed by atoms with E-state index in [1.54, 1.807) is 0 Å². The van der Waals surface area contributed by atoms with Crippen LogP contribution in [-0.4, -0.2) is 55.2 Å². The zero-order chi connectivity index (χ0) is 32.5. The van der Waals surface area contributed by atoms with E-state index in [1.165, 1.54) is 4.90 Å². The van der Waals surface area contributed by atoms with E-state index >= 15 is 0 Å². The maximum atomic E-state index is 15.0. The second-order valence-electron chi connectivity index (χ2n) is 11.7. The van der Waals surface area contributed by atoms with Crippen LogP contribution in [0.4, 0.5) is 35.1 Å². The van der Waals surface area contributed by atoms with Crippen LogP contribution in [0.3, 0.4) is 0 Å². The first-order valence-corrected chi connectivity index (χ1v) is 15.3. The summed E-state index contributed by atoms with van der Waals surface area (Å²) < 4.78 is 136. The lowest BCUT2D eigenvalue weighted by Crippen LogP contribution is -2.53. The normalized spacial score (nSPS) is 25.9. The number of alkyl halides is 7. The number of benzene rings is 2. The van der Waals surface area contributed by atoms with Gasteiger partial charge in [0.1, 0.15) is 10.6 Å². The number of hydrogen-bond acceptors (Lipinski definition) is 4. The zero-order valence-corrected chi connectivity index (χ0v) is 23.7. The first-order valence-electron chi connectivity index (χ1n) is 13.8. The fourth-order valence-corrected chi connectivity index (χ4v) is 9.57. The maximum Gasteiger partial charge on any atom is 0.435 e. The number of carboxylic acids is 1. The molecule has 2 unspecified atom stereocenters. The van der Waals surface area contributed by atoms with E-state index in [4.69, 9.17) is 0 Å². The van der Waals surface area contributed by atoms with Gasteiger partial charge in [0.05, 0.1) is 16.9 Å². The van der Waals surface area contributed by atoms with Gasteiger partial charge in [-0.05, 0) is 79.8 Å². The fourth-order valence-electron chi connectivity index (χ4n) is 7.20. The highest BCUT2D eigenvalue weighted by Crippen LogP contribution is 2.57. The molecule has 2 aromatic rings. The van der Waals surface area contributed by atoms with Crippen molar-refractivity contribution in [2.24, 2.45) is 11.8 Å². The van der Waals surface area contributed by atoms with Crippen molar-refractivity contribution in [1.29, 1.82) is 0 Å². The number of rotatable bonds is 6. The Morgan fingerprint density at radius 1 is 0.932 bits per heavy atom. The molecule has 0 radical (unpaired) electrons. The third kappa shape index (κ3) is 4.85. The van der Waals surface area contributed by atoms with Crippen LogP contribution in [0, 0.1) is 17.7 Å². The summed E-state index contributed by atoms with van der Waals surface area (Å²) in [6, 6.07) is 4.05. The van der Waals surface area contributed by atoms with Gasteiger partial charge in [0.15, 0.2) is 9.84 Å². The van der Waals surface area contributed by atoms with Crippen LogP contribution in [0.2, 0.25) is 0 Å². The molecule has 1 saturated carbocycles. The molecule has 2 aliphatic carbocycles.